The van der Waals surface area contributed by atoms with Gasteiger partial charge in [-0.15, -0.1) is 0 Å². The number of hydrogen-bond acceptors (Lipinski definition) is 6. The van der Waals surface area contributed by atoms with Crippen LogP contribution in [0.25, 0.3) is 28.5 Å². The van der Waals surface area contributed by atoms with E-state index in [1.165, 1.54) is 12.8 Å². The molecule has 0 bridgehead atoms. The van der Waals surface area contributed by atoms with E-state index < -0.39 is 0 Å². The highest BCUT2D eigenvalue weighted by Gasteiger charge is 2.21. The maximum absolute atomic E-state index is 6.46. The Kier molecular flexibility index (Phi) is 5.14. The third kappa shape index (κ3) is 3.66. The SMILES string of the molecule is CN1CCC(CNc2nccc(-c3c(-c4ccccc4Cl)nc4occn34)n2)CC1. The van der Waals surface area contributed by atoms with Crippen LogP contribution in [0.15, 0.2) is 53.4 Å². The number of likely N-dealkylation sites (tertiary alicyclic amines) is 1. The van der Waals surface area contributed by atoms with Gasteiger partial charge in [0.15, 0.2) is 0 Å². The first-order valence-corrected chi connectivity index (χ1v) is 10.5. The lowest BCUT2D eigenvalue weighted by Crippen LogP contribution is -2.33. The van der Waals surface area contributed by atoms with E-state index in [1.807, 2.05) is 40.9 Å². The normalized spacial score (nSPS) is 15.7. The number of rotatable bonds is 5. The molecule has 1 N–H and O–H groups in total. The van der Waals surface area contributed by atoms with Gasteiger partial charge < -0.3 is 14.6 Å². The maximum atomic E-state index is 6.46. The van der Waals surface area contributed by atoms with Crippen molar-refractivity contribution in [2.24, 2.45) is 5.92 Å². The van der Waals surface area contributed by atoms with Crippen molar-refractivity contribution in [3.05, 3.63) is 54.0 Å². The monoisotopic (exact) mass is 422 g/mol. The predicted octanol–water partition coefficient (Wildman–Crippen LogP) is 4.46. The van der Waals surface area contributed by atoms with Gasteiger partial charge in [-0.25, -0.2) is 9.97 Å². The summed E-state index contributed by atoms with van der Waals surface area (Å²) in [6, 6.07) is 9.55. The van der Waals surface area contributed by atoms with E-state index in [9.17, 15) is 0 Å². The average Bonchev–Trinajstić information content (AvgIpc) is 3.35. The summed E-state index contributed by atoms with van der Waals surface area (Å²) in [5, 5.41) is 4.06. The van der Waals surface area contributed by atoms with Crippen LogP contribution in [0.3, 0.4) is 0 Å². The molecule has 5 rings (SSSR count). The van der Waals surface area contributed by atoms with Gasteiger partial charge in [0.1, 0.15) is 17.7 Å². The van der Waals surface area contributed by atoms with Crippen molar-refractivity contribution in [3.63, 3.8) is 0 Å². The molecule has 0 aliphatic carbocycles. The van der Waals surface area contributed by atoms with Crippen LogP contribution < -0.4 is 5.32 Å². The Balaban J connectivity index is 1.47. The minimum Gasteiger partial charge on any atom is -0.432 e. The summed E-state index contributed by atoms with van der Waals surface area (Å²) in [5.41, 5.74) is 3.17. The van der Waals surface area contributed by atoms with E-state index in [2.05, 4.69) is 27.2 Å². The van der Waals surface area contributed by atoms with Crippen molar-refractivity contribution in [2.75, 3.05) is 32.0 Å². The topological polar surface area (TPSA) is 71.5 Å². The first kappa shape index (κ1) is 19.1. The lowest BCUT2D eigenvalue weighted by molar-refractivity contribution is 0.226. The van der Waals surface area contributed by atoms with E-state index >= 15 is 0 Å². The number of oxazole rings is 1. The third-order valence-corrected chi connectivity index (χ3v) is 6.01. The molecule has 0 amide bonds. The van der Waals surface area contributed by atoms with E-state index in [0.717, 1.165) is 42.3 Å². The molecular formula is C22H23ClN6O. The smallest absolute Gasteiger partial charge is 0.306 e. The average molecular weight is 423 g/mol. The summed E-state index contributed by atoms with van der Waals surface area (Å²) in [4.78, 5) is 16.2. The molecule has 8 heteroatoms. The third-order valence-electron chi connectivity index (χ3n) is 5.68. The Morgan fingerprint density at radius 2 is 2.00 bits per heavy atom. The number of nitrogens with one attached hydrogen (secondary N) is 1. The standard InChI is InChI=1S/C22H23ClN6O/c1-28-10-7-15(8-11-28)14-25-21-24-9-6-18(26-21)20-19(16-4-2-3-5-17(16)23)27-22-29(20)12-13-30-22/h2-6,9,12-13,15H,7-8,10-11,14H2,1H3,(H,24,25,26). The molecule has 154 valence electrons. The zero-order valence-corrected chi connectivity index (χ0v) is 17.5. The van der Waals surface area contributed by atoms with Crippen molar-refractivity contribution in [3.8, 4) is 22.6 Å². The van der Waals surface area contributed by atoms with E-state index in [4.69, 9.17) is 21.0 Å². The molecule has 7 nitrogen and oxygen atoms in total. The van der Waals surface area contributed by atoms with E-state index in [-0.39, 0.29) is 0 Å². The van der Waals surface area contributed by atoms with Gasteiger partial charge in [-0.1, -0.05) is 29.8 Å². The number of piperidine rings is 1. The van der Waals surface area contributed by atoms with E-state index in [0.29, 0.717) is 22.7 Å². The van der Waals surface area contributed by atoms with Crippen LogP contribution in [-0.4, -0.2) is 50.9 Å². The first-order chi connectivity index (χ1) is 14.7. The van der Waals surface area contributed by atoms with Crippen molar-refractivity contribution in [1.82, 2.24) is 24.3 Å². The highest BCUT2D eigenvalue weighted by atomic mass is 35.5. The Labute approximate surface area is 179 Å². The number of imidazole rings is 1. The number of anilines is 1. The fraction of sp³-hybridized carbons (Fsp3) is 0.318. The molecule has 1 fully saturated rings. The van der Waals surface area contributed by atoms with Gasteiger partial charge in [-0.2, -0.15) is 4.98 Å². The summed E-state index contributed by atoms with van der Waals surface area (Å²) in [6.45, 7) is 3.16. The highest BCUT2D eigenvalue weighted by molar-refractivity contribution is 6.33. The zero-order valence-electron chi connectivity index (χ0n) is 16.8. The number of fused-ring (bicyclic) bond motifs is 1. The lowest BCUT2D eigenvalue weighted by Gasteiger charge is -2.28. The second-order valence-corrected chi connectivity index (χ2v) is 8.14. The molecule has 0 spiro atoms. The van der Waals surface area contributed by atoms with Crippen LogP contribution in [-0.2, 0) is 0 Å². The van der Waals surface area contributed by atoms with Crippen molar-refractivity contribution < 1.29 is 4.42 Å². The molecule has 0 radical (unpaired) electrons. The molecule has 1 aromatic carbocycles. The summed E-state index contributed by atoms with van der Waals surface area (Å²) in [6.07, 6.45) is 7.61. The highest BCUT2D eigenvalue weighted by Crippen LogP contribution is 2.35. The molecule has 4 aromatic rings. The quantitative estimate of drug-likeness (QED) is 0.512. The van der Waals surface area contributed by atoms with Gasteiger partial charge in [0, 0.05) is 24.5 Å². The molecule has 1 aliphatic rings. The van der Waals surface area contributed by atoms with Gasteiger partial charge in [-0.3, -0.25) is 4.40 Å². The molecule has 1 aliphatic heterocycles. The van der Waals surface area contributed by atoms with Gasteiger partial charge in [0.25, 0.3) is 0 Å². The number of nitrogens with zero attached hydrogens (tertiary/aromatic N) is 5. The maximum Gasteiger partial charge on any atom is 0.306 e. The van der Waals surface area contributed by atoms with Crippen LogP contribution in [0.2, 0.25) is 5.02 Å². The van der Waals surface area contributed by atoms with E-state index in [1.54, 1.807) is 12.5 Å². The van der Waals surface area contributed by atoms with Gasteiger partial charge >= 0.3 is 5.84 Å². The van der Waals surface area contributed by atoms with Crippen LogP contribution in [0.5, 0.6) is 0 Å². The number of aromatic nitrogens is 4. The van der Waals surface area contributed by atoms with Gasteiger partial charge in [0.2, 0.25) is 5.95 Å². The Morgan fingerprint density at radius 1 is 1.17 bits per heavy atom. The van der Waals surface area contributed by atoms with Gasteiger partial charge in [-0.05, 0) is 51.0 Å². The van der Waals surface area contributed by atoms with Crippen LogP contribution >= 0.6 is 11.6 Å². The Bertz CT molecular complexity index is 1160. The Morgan fingerprint density at radius 3 is 2.83 bits per heavy atom. The van der Waals surface area contributed by atoms with Crippen LogP contribution in [0, 0.1) is 5.92 Å². The molecule has 0 atom stereocenters. The summed E-state index contributed by atoms with van der Waals surface area (Å²) < 4.78 is 7.42. The molecule has 0 unspecified atom stereocenters. The lowest BCUT2D eigenvalue weighted by atomic mass is 9.97. The van der Waals surface area contributed by atoms with Gasteiger partial charge in [0.05, 0.1) is 10.7 Å². The van der Waals surface area contributed by atoms with Crippen LogP contribution in [0.1, 0.15) is 12.8 Å². The number of halogens is 1. The number of hydrogen-bond donors (Lipinski definition) is 1. The number of benzene rings is 1. The first-order valence-electron chi connectivity index (χ1n) is 10.2. The largest absolute Gasteiger partial charge is 0.432 e. The molecular weight excluding hydrogens is 400 g/mol. The van der Waals surface area contributed by atoms with Crippen molar-refractivity contribution >= 4 is 23.4 Å². The second-order valence-electron chi connectivity index (χ2n) is 7.74. The molecule has 4 heterocycles. The van der Waals surface area contributed by atoms with Crippen LogP contribution in [0.4, 0.5) is 5.95 Å². The fourth-order valence-electron chi connectivity index (χ4n) is 3.95. The minimum absolute atomic E-state index is 0.499. The molecule has 0 saturated carbocycles. The summed E-state index contributed by atoms with van der Waals surface area (Å²) in [7, 11) is 2.18. The minimum atomic E-state index is 0.499. The second kappa shape index (κ2) is 8.08. The molecule has 3 aromatic heterocycles. The zero-order chi connectivity index (χ0) is 20.5. The summed E-state index contributed by atoms with van der Waals surface area (Å²) >= 11 is 6.46. The summed E-state index contributed by atoms with van der Waals surface area (Å²) in [5.74, 6) is 1.76. The molecule has 1 saturated heterocycles. The van der Waals surface area contributed by atoms with Crippen molar-refractivity contribution in [2.45, 2.75) is 12.8 Å². The van der Waals surface area contributed by atoms with Crippen molar-refractivity contribution in [1.29, 1.82) is 0 Å². The molecule has 30 heavy (non-hydrogen) atoms. The fourth-order valence-corrected chi connectivity index (χ4v) is 4.17. The predicted molar refractivity (Wildman–Crippen MR) is 118 cm³/mol. The Hall–Kier alpha value is -2.90.